The number of nitrogens with zero attached hydrogens (tertiary/aromatic N) is 3. The van der Waals surface area contributed by atoms with E-state index in [4.69, 9.17) is 27.0 Å². The van der Waals surface area contributed by atoms with Gasteiger partial charge in [-0.1, -0.05) is 0 Å². The van der Waals surface area contributed by atoms with Crippen LogP contribution in [0.5, 0.6) is 0 Å². The van der Waals surface area contributed by atoms with Gasteiger partial charge in [0.2, 0.25) is 0 Å². The minimum atomic E-state index is -0.718. The number of primary amides is 1. The molecule has 19 heavy (non-hydrogen) atoms. The lowest BCUT2D eigenvalue weighted by atomic mass is 10.2. The molecule has 2 aromatic rings. The van der Waals surface area contributed by atoms with E-state index in [2.05, 4.69) is 9.97 Å². The number of hydrogen-bond donors (Lipinski definition) is 4. The molecule has 7 N–H and O–H groups in total. The van der Waals surface area contributed by atoms with Crippen molar-refractivity contribution in [1.82, 2.24) is 14.5 Å². The molecule has 0 radical (unpaired) electrons. The number of rotatable bonds is 5. The molecule has 1 amide bonds. The number of anilines is 2. The highest BCUT2D eigenvalue weighted by atomic mass is 16.5. The zero-order valence-electron chi connectivity index (χ0n) is 10.0. The third kappa shape index (κ3) is 2.16. The highest BCUT2D eigenvalue weighted by Gasteiger charge is 2.22. The first-order valence-electron chi connectivity index (χ1n) is 5.44. The van der Waals surface area contributed by atoms with Crippen molar-refractivity contribution in [3.63, 3.8) is 0 Å². The lowest BCUT2D eigenvalue weighted by molar-refractivity contribution is 0.0511. The fourth-order valence-electron chi connectivity index (χ4n) is 1.81. The minimum Gasteiger partial charge on any atom is -0.394 e. The van der Waals surface area contributed by atoms with E-state index in [0.29, 0.717) is 11.0 Å². The number of carbonyl (C=O) groups is 1. The van der Waals surface area contributed by atoms with Gasteiger partial charge in [-0.15, -0.1) is 0 Å². The predicted molar refractivity (Wildman–Crippen MR) is 67.9 cm³/mol. The van der Waals surface area contributed by atoms with Crippen LogP contribution in [0.4, 0.5) is 11.6 Å². The summed E-state index contributed by atoms with van der Waals surface area (Å²) in [6.07, 6.45) is 1.25. The molecule has 102 valence electrons. The van der Waals surface area contributed by atoms with E-state index in [-0.39, 0.29) is 37.1 Å². The van der Waals surface area contributed by atoms with Gasteiger partial charge in [-0.25, -0.2) is 9.97 Å². The van der Waals surface area contributed by atoms with E-state index in [9.17, 15) is 4.79 Å². The van der Waals surface area contributed by atoms with Crippen LogP contribution in [0.3, 0.4) is 0 Å². The third-order valence-corrected chi connectivity index (χ3v) is 2.61. The van der Waals surface area contributed by atoms with E-state index in [1.165, 1.54) is 10.9 Å². The van der Waals surface area contributed by atoms with Crippen molar-refractivity contribution < 1.29 is 14.6 Å². The van der Waals surface area contributed by atoms with Crippen LogP contribution in [0.15, 0.2) is 6.33 Å². The smallest absolute Gasteiger partial charge is 0.253 e. The van der Waals surface area contributed by atoms with E-state index in [1.54, 1.807) is 0 Å². The second kappa shape index (κ2) is 5.08. The molecule has 0 spiro atoms. The monoisotopic (exact) mass is 266 g/mol. The van der Waals surface area contributed by atoms with Crippen LogP contribution >= 0.6 is 0 Å². The molecule has 0 aromatic carbocycles. The standard InChI is InChI=1S/C10H14N6O3/c11-7-5-6(9(13)18)8(12)16(4-19-2-1-17)10(5)15-3-14-7/h3,17H,1-2,4,12H2,(H2,13,18)(H2,11,14,15). The molecular weight excluding hydrogens is 252 g/mol. The number of nitrogens with two attached hydrogens (primary N) is 3. The zero-order chi connectivity index (χ0) is 14.0. The summed E-state index contributed by atoms with van der Waals surface area (Å²) in [5.41, 5.74) is 17.3. The SMILES string of the molecule is NC(=O)c1c(N)n(COCCO)c2ncnc(N)c12. The van der Waals surface area contributed by atoms with Crippen LogP contribution < -0.4 is 17.2 Å². The highest BCUT2D eigenvalue weighted by molar-refractivity contribution is 6.13. The molecule has 0 bridgehead atoms. The number of ether oxygens (including phenoxy) is 1. The average Bonchev–Trinajstić information content (AvgIpc) is 2.64. The van der Waals surface area contributed by atoms with E-state index in [0.717, 1.165) is 0 Å². The number of fused-ring (bicyclic) bond motifs is 1. The van der Waals surface area contributed by atoms with Crippen molar-refractivity contribution in [2.75, 3.05) is 24.7 Å². The molecule has 0 unspecified atom stereocenters. The first-order valence-corrected chi connectivity index (χ1v) is 5.44. The number of nitrogen functional groups attached to an aromatic ring is 2. The van der Waals surface area contributed by atoms with Gasteiger partial charge in [0.1, 0.15) is 30.3 Å². The largest absolute Gasteiger partial charge is 0.394 e. The van der Waals surface area contributed by atoms with Gasteiger partial charge in [-0.3, -0.25) is 9.36 Å². The van der Waals surface area contributed by atoms with Crippen molar-refractivity contribution in [1.29, 1.82) is 0 Å². The topological polar surface area (TPSA) is 155 Å². The summed E-state index contributed by atoms with van der Waals surface area (Å²) < 4.78 is 6.62. The Morgan fingerprint density at radius 3 is 2.79 bits per heavy atom. The summed E-state index contributed by atoms with van der Waals surface area (Å²) in [5, 5.41) is 8.98. The summed E-state index contributed by atoms with van der Waals surface area (Å²) in [7, 11) is 0. The van der Waals surface area contributed by atoms with E-state index >= 15 is 0 Å². The quantitative estimate of drug-likeness (QED) is 0.488. The van der Waals surface area contributed by atoms with Crippen molar-refractivity contribution in [3.8, 4) is 0 Å². The van der Waals surface area contributed by atoms with Gasteiger partial charge in [-0.05, 0) is 0 Å². The van der Waals surface area contributed by atoms with Crippen molar-refractivity contribution in [3.05, 3.63) is 11.9 Å². The van der Waals surface area contributed by atoms with Crippen LogP contribution in [-0.2, 0) is 11.5 Å². The number of aliphatic hydroxyl groups is 1. The van der Waals surface area contributed by atoms with Gasteiger partial charge < -0.3 is 27.0 Å². The minimum absolute atomic E-state index is 0.0205. The molecule has 0 saturated carbocycles. The molecule has 2 rings (SSSR count). The van der Waals surface area contributed by atoms with Gasteiger partial charge >= 0.3 is 0 Å². The maximum absolute atomic E-state index is 11.5. The van der Waals surface area contributed by atoms with E-state index in [1.807, 2.05) is 0 Å². The molecule has 2 heterocycles. The normalized spacial score (nSPS) is 11.0. The summed E-state index contributed by atoms with van der Waals surface area (Å²) in [4.78, 5) is 19.3. The van der Waals surface area contributed by atoms with Crippen LogP contribution in [0.2, 0.25) is 0 Å². The lowest BCUT2D eigenvalue weighted by Gasteiger charge is -2.07. The third-order valence-electron chi connectivity index (χ3n) is 2.61. The Labute approximate surface area is 108 Å². The van der Waals surface area contributed by atoms with Gasteiger partial charge in [0.05, 0.1) is 24.2 Å². The Hall–Kier alpha value is -2.39. The Balaban J connectivity index is 2.60. The highest BCUT2D eigenvalue weighted by Crippen LogP contribution is 2.29. The fraction of sp³-hybridized carbons (Fsp3) is 0.300. The number of amides is 1. The van der Waals surface area contributed by atoms with Gasteiger partial charge in [0.25, 0.3) is 5.91 Å². The van der Waals surface area contributed by atoms with Crippen LogP contribution in [0.25, 0.3) is 11.0 Å². The van der Waals surface area contributed by atoms with Gasteiger partial charge in [0.15, 0.2) is 0 Å². The number of hydrogen-bond acceptors (Lipinski definition) is 7. The molecule has 2 aromatic heterocycles. The van der Waals surface area contributed by atoms with Gasteiger partial charge in [0, 0.05) is 0 Å². The van der Waals surface area contributed by atoms with Crippen LogP contribution in [0.1, 0.15) is 10.4 Å². The molecule has 0 aliphatic rings. The van der Waals surface area contributed by atoms with Crippen molar-refractivity contribution >= 4 is 28.6 Å². The van der Waals surface area contributed by atoms with Crippen molar-refractivity contribution in [2.24, 2.45) is 5.73 Å². The number of aliphatic hydroxyl groups excluding tert-OH is 1. The Morgan fingerprint density at radius 1 is 1.42 bits per heavy atom. The first kappa shape index (κ1) is 13.1. The van der Waals surface area contributed by atoms with Gasteiger partial charge in [-0.2, -0.15) is 0 Å². The Kier molecular flexibility index (Phi) is 3.49. The number of carbonyl (C=O) groups excluding carboxylic acids is 1. The molecule has 9 nitrogen and oxygen atoms in total. The fourth-order valence-corrected chi connectivity index (χ4v) is 1.81. The van der Waals surface area contributed by atoms with Crippen LogP contribution in [-0.4, -0.2) is 38.8 Å². The number of aromatic nitrogens is 3. The summed E-state index contributed by atoms with van der Waals surface area (Å²) in [6.45, 7) is 0.0249. The van der Waals surface area contributed by atoms with E-state index < -0.39 is 5.91 Å². The zero-order valence-corrected chi connectivity index (χ0v) is 10.0. The Bertz CT molecular complexity index is 623. The van der Waals surface area contributed by atoms with Crippen LogP contribution in [0, 0.1) is 0 Å². The maximum atomic E-state index is 11.5. The molecule has 0 aliphatic heterocycles. The Morgan fingerprint density at radius 2 is 2.16 bits per heavy atom. The summed E-state index contributed by atoms with van der Waals surface area (Å²) in [6, 6.07) is 0. The predicted octanol–water partition coefficient (Wildman–Crippen LogP) is -1.34. The lowest BCUT2D eigenvalue weighted by Crippen LogP contribution is -2.15. The molecule has 0 atom stereocenters. The average molecular weight is 266 g/mol. The summed E-state index contributed by atoms with van der Waals surface area (Å²) >= 11 is 0. The molecule has 0 aliphatic carbocycles. The first-order chi connectivity index (χ1) is 9.07. The molecule has 0 saturated heterocycles. The summed E-state index contributed by atoms with van der Waals surface area (Å²) in [5.74, 6) is -0.496. The van der Waals surface area contributed by atoms with Crippen molar-refractivity contribution in [2.45, 2.75) is 6.73 Å². The molecule has 9 heteroatoms. The molecular formula is C10H14N6O3. The second-order valence-corrected chi connectivity index (χ2v) is 3.77. The second-order valence-electron chi connectivity index (χ2n) is 3.77. The maximum Gasteiger partial charge on any atom is 0.253 e. The molecule has 0 fully saturated rings.